The second kappa shape index (κ2) is 7.49. The highest BCUT2D eigenvalue weighted by Gasteiger charge is 2.39. The van der Waals surface area contributed by atoms with Crippen molar-refractivity contribution >= 4 is 5.91 Å². The van der Waals surface area contributed by atoms with Crippen molar-refractivity contribution in [1.29, 1.82) is 0 Å². The number of methoxy groups -OCH3 is 1. The lowest BCUT2D eigenvalue weighted by Gasteiger charge is -2.40. The maximum atomic E-state index is 13.8. The van der Waals surface area contributed by atoms with E-state index in [4.69, 9.17) is 9.47 Å². The quantitative estimate of drug-likeness (QED) is 0.910. The number of hydrogen-bond donors (Lipinski definition) is 1. The molecule has 1 saturated heterocycles. The summed E-state index contributed by atoms with van der Waals surface area (Å²) in [6.07, 6.45) is 2.45. The molecule has 1 aromatic rings. The summed E-state index contributed by atoms with van der Waals surface area (Å²) < 4.78 is 24.3. The standard InChI is InChI=1S/C18H24FNO4/c1-23-17-6-5-12(9-14(17)19)10-18(22)20-7-8-24-11-15(20)13-3-2-4-16(13)21/h5-6,9,13,15-16,21H,2-4,7-8,10-11H2,1H3/t13-,15-,16-/m1/s1. The molecule has 0 unspecified atom stereocenters. The van der Waals surface area contributed by atoms with Crippen LogP contribution in [0, 0.1) is 11.7 Å². The highest BCUT2D eigenvalue weighted by molar-refractivity contribution is 5.79. The van der Waals surface area contributed by atoms with Gasteiger partial charge in [0.05, 0.1) is 38.9 Å². The molecule has 3 rings (SSSR count). The molecule has 1 N–H and O–H groups in total. The van der Waals surface area contributed by atoms with Gasteiger partial charge in [0.1, 0.15) is 0 Å². The molecule has 24 heavy (non-hydrogen) atoms. The average Bonchev–Trinajstić information content (AvgIpc) is 3.01. The first kappa shape index (κ1) is 17.2. The van der Waals surface area contributed by atoms with Gasteiger partial charge in [0, 0.05) is 12.5 Å². The molecule has 0 aromatic heterocycles. The minimum absolute atomic E-state index is 0.0491. The Kier molecular flexibility index (Phi) is 5.36. The lowest BCUT2D eigenvalue weighted by Crippen LogP contribution is -2.54. The van der Waals surface area contributed by atoms with Gasteiger partial charge in [-0.3, -0.25) is 4.79 Å². The van der Waals surface area contributed by atoms with E-state index in [0.29, 0.717) is 25.3 Å². The number of aliphatic hydroxyl groups excluding tert-OH is 1. The van der Waals surface area contributed by atoms with E-state index in [0.717, 1.165) is 19.3 Å². The van der Waals surface area contributed by atoms with Crippen molar-refractivity contribution in [3.63, 3.8) is 0 Å². The largest absolute Gasteiger partial charge is 0.494 e. The fourth-order valence-corrected chi connectivity index (χ4v) is 3.80. The van der Waals surface area contributed by atoms with E-state index in [1.54, 1.807) is 6.07 Å². The minimum atomic E-state index is -0.465. The number of aliphatic hydroxyl groups is 1. The van der Waals surface area contributed by atoms with E-state index in [9.17, 15) is 14.3 Å². The van der Waals surface area contributed by atoms with E-state index in [2.05, 4.69) is 0 Å². The van der Waals surface area contributed by atoms with Gasteiger partial charge in [0.25, 0.3) is 0 Å². The second-order valence-electron chi connectivity index (χ2n) is 6.54. The summed E-state index contributed by atoms with van der Waals surface area (Å²) >= 11 is 0. The molecule has 1 aliphatic carbocycles. The van der Waals surface area contributed by atoms with Gasteiger partial charge in [-0.1, -0.05) is 12.5 Å². The van der Waals surface area contributed by atoms with Gasteiger partial charge in [0.15, 0.2) is 11.6 Å². The van der Waals surface area contributed by atoms with Crippen molar-refractivity contribution in [2.24, 2.45) is 5.92 Å². The zero-order valence-corrected chi connectivity index (χ0v) is 13.9. The Bertz CT molecular complexity index is 594. The molecule has 5 nitrogen and oxygen atoms in total. The Balaban J connectivity index is 1.71. The first-order valence-corrected chi connectivity index (χ1v) is 8.48. The van der Waals surface area contributed by atoms with Crippen molar-refractivity contribution in [3.05, 3.63) is 29.6 Å². The number of ether oxygens (including phenoxy) is 2. The highest BCUT2D eigenvalue weighted by Crippen LogP contribution is 2.32. The van der Waals surface area contributed by atoms with Crippen LogP contribution in [0.1, 0.15) is 24.8 Å². The van der Waals surface area contributed by atoms with Crippen LogP contribution in [-0.4, -0.2) is 54.9 Å². The summed E-state index contributed by atoms with van der Waals surface area (Å²) in [6.45, 7) is 1.48. The first-order valence-electron chi connectivity index (χ1n) is 8.48. The van der Waals surface area contributed by atoms with E-state index in [1.807, 2.05) is 4.90 Å². The van der Waals surface area contributed by atoms with E-state index < -0.39 is 5.82 Å². The molecule has 132 valence electrons. The number of benzene rings is 1. The minimum Gasteiger partial charge on any atom is -0.494 e. The molecule has 1 heterocycles. The van der Waals surface area contributed by atoms with Gasteiger partial charge >= 0.3 is 0 Å². The Labute approximate surface area is 141 Å². The van der Waals surface area contributed by atoms with Crippen LogP contribution < -0.4 is 4.74 Å². The van der Waals surface area contributed by atoms with Gasteiger partial charge in [-0.15, -0.1) is 0 Å². The molecule has 0 radical (unpaired) electrons. The normalized spacial score (nSPS) is 27.3. The van der Waals surface area contributed by atoms with Crippen LogP contribution in [0.2, 0.25) is 0 Å². The number of halogens is 1. The van der Waals surface area contributed by atoms with Crippen LogP contribution in [0.15, 0.2) is 18.2 Å². The second-order valence-corrected chi connectivity index (χ2v) is 6.54. The van der Waals surface area contributed by atoms with Crippen molar-refractivity contribution < 1.29 is 23.8 Å². The fraction of sp³-hybridized carbons (Fsp3) is 0.611. The Hall–Kier alpha value is -1.66. The topological polar surface area (TPSA) is 59.0 Å². The molecule has 1 aromatic carbocycles. The van der Waals surface area contributed by atoms with Crippen LogP contribution >= 0.6 is 0 Å². The zero-order valence-electron chi connectivity index (χ0n) is 13.9. The number of carbonyl (C=O) groups excluding carboxylic acids is 1. The Morgan fingerprint density at radius 1 is 1.46 bits per heavy atom. The molecule has 0 spiro atoms. The summed E-state index contributed by atoms with van der Waals surface area (Å²) in [4.78, 5) is 14.6. The SMILES string of the molecule is COc1ccc(CC(=O)N2CCOC[C@@H]2[C@H]2CCC[C@H]2O)cc1F. The van der Waals surface area contributed by atoms with Crippen LogP contribution in [0.5, 0.6) is 5.75 Å². The third kappa shape index (κ3) is 3.54. The van der Waals surface area contributed by atoms with E-state index in [1.165, 1.54) is 19.2 Å². The molecular weight excluding hydrogens is 313 g/mol. The average molecular weight is 337 g/mol. The van der Waals surface area contributed by atoms with Gasteiger partial charge in [0.2, 0.25) is 5.91 Å². The predicted molar refractivity (Wildman–Crippen MR) is 86.3 cm³/mol. The number of carbonyl (C=O) groups is 1. The van der Waals surface area contributed by atoms with Crippen LogP contribution in [0.3, 0.4) is 0 Å². The van der Waals surface area contributed by atoms with Crippen molar-refractivity contribution in [3.8, 4) is 5.75 Å². The Morgan fingerprint density at radius 3 is 2.96 bits per heavy atom. The molecule has 2 aliphatic rings. The molecule has 1 aliphatic heterocycles. The summed E-state index contributed by atoms with van der Waals surface area (Å²) in [6, 6.07) is 4.50. The Morgan fingerprint density at radius 2 is 2.29 bits per heavy atom. The van der Waals surface area contributed by atoms with Crippen LogP contribution in [0.4, 0.5) is 4.39 Å². The van der Waals surface area contributed by atoms with Crippen LogP contribution in [-0.2, 0) is 16.0 Å². The smallest absolute Gasteiger partial charge is 0.227 e. The van der Waals surface area contributed by atoms with Gasteiger partial charge in [-0.05, 0) is 30.5 Å². The number of amides is 1. The fourth-order valence-electron chi connectivity index (χ4n) is 3.80. The number of nitrogens with zero attached hydrogens (tertiary/aromatic N) is 1. The van der Waals surface area contributed by atoms with E-state index in [-0.39, 0.29) is 36.1 Å². The molecule has 1 amide bonds. The molecule has 6 heteroatoms. The van der Waals surface area contributed by atoms with Crippen molar-refractivity contribution in [2.75, 3.05) is 26.9 Å². The third-order valence-electron chi connectivity index (χ3n) is 5.08. The predicted octanol–water partition coefficient (Wildman–Crippen LogP) is 1.77. The molecular formula is C18H24FNO4. The number of morpholine rings is 1. The van der Waals surface area contributed by atoms with Crippen LogP contribution in [0.25, 0.3) is 0 Å². The van der Waals surface area contributed by atoms with Gasteiger partial charge in [-0.2, -0.15) is 0 Å². The molecule has 2 fully saturated rings. The maximum absolute atomic E-state index is 13.8. The number of rotatable bonds is 4. The van der Waals surface area contributed by atoms with Gasteiger partial charge < -0.3 is 19.5 Å². The van der Waals surface area contributed by atoms with E-state index >= 15 is 0 Å². The first-order chi connectivity index (χ1) is 11.6. The zero-order chi connectivity index (χ0) is 17.1. The lowest BCUT2D eigenvalue weighted by molar-refractivity contribution is -0.143. The number of hydrogen-bond acceptors (Lipinski definition) is 4. The highest BCUT2D eigenvalue weighted by atomic mass is 19.1. The summed E-state index contributed by atoms with van der Waals surface area (Å²) in [5, 5.41) is 10.2. The third-order valence-corrected chi connectivity index (χ3v) is 5.08. The van der Waals surface area contributed by atoms with Crippen molar-refractivity contribution in [1.82, 2.24) is 4.90 Å². The van der Waals surface area contributed by atoms with Gasteiger partial charge in [-0.25, -0.2) is 4.39 Å². The molecule has 1 saturated carbocycles. The molecule has 3 atom stereocenters. The van der Waals surface area contributed by atoms with Crippen molar-refractivity contribution in [2.45, 2.75) is 37.8 Å². The summed E-state index contributed by atoms with van der Waals surface area (Å²) in [7, 11) is 1.41. The monoisotopic (exact) mass is 337 g/mol. The lowest BCUT2D eigenvalue weighted by atomic mass is 9.93. The summed E-state index contributed by atoms with van der Waals surface area (Å²) in [5.41, 5.74) is 0.621. The maximum Gasteiger partial charge on any atom is 0.227 e. The molecule has 0 bridgehead atoms. The summed E-state index contributed by atoms with van der Waals surface area (Å²) in [5.74, 6) is -0.272.